The number of allylic oxidation sites excluding steroid dienone is 1. The first kappa shape index (κ1) is 20.0. The van der Waals surface area contributed by atoms with Crippen LogP contribution in [0.3, 0.4) is 0 Å². The Kier molecular flexibility index (Phi) is 6.22. The largest absolute Gasteiger partial charge is 0.865 e. The molecule has 0 unspecified atom stereocenters. The van der Waals surface area contributed by atoms with Gasteiger partial charge in [0.1, 0.15) is 5.75 Å². The van der Waals surface area contributed by atoms with Crippen molar-refractivity contribution in [1.82, 2.24) is 10.6 Å². The average molecular weight is 378 g/mol. The summed E-state index contributed by atoms with van der Waals surface area (Å²) in [4.78, 5) is 34.8. The molecular weight excluding hydrogens is 358 g/mol. The molecule has 1 aromatic rings. The maximum atomic E-state index is 12.5. The Labute approximate surface area is 155 Å². The number of hydrogen-bond donors (Lipinski definition) is 2. The number of nitro groups is 1. The van der Waals surface area contributed by atoms with Crippen LogP contribution >= 0.6 is 0 Å². The molecule has 1 heterocycles. The lowest BCUT2D eigenvalue weighted by atomic mass is 9.94. The molecule has 2 amide bonds. The Morgan fingerprint density at radius 2 is 2.04 bits per heavy atom. The Balaban J connectivity index is 2.58. The van der Waals surface area contributed by atoms with E-state index in [1.807, 2.05) is 6.92 Å². The summed E-state index contributed by atoms with van der Waals surface area (Å²) < 4.78 is 10.3. The smallest absolute Gasteiger partial charge is 0.338 e. The van der Waals surface area contributed by atoms with Crippen LogP contribution in [0.4, 0.5) is 10.5 Å². The molecule has 2 rings (SSSR count). The number of esters is 1. The number of ether oxygens (including phenoxy) is 2. The normalized spacial score (nSPS) is 16.4. The number of urea groups is 1. The van der Waals surface area contributed by atoms with Crippen molar-refractivity contribution in [2.75, 3.05) is 13.2 Å². The molecule has 146 valence electrons. The summed E-state index contributed by atoms with van der Waals surface area (Å²) >= 11 is 0. The van der Waals surface area contributed by atoms with E-state index in [4.69, 9.17) is 9.47 Å². The van der Waals surface area contributed by atoms with Crippen LogP contribution in [0.2, 0.25) is 0 Å². The van der Waals surface area contributed by atoms with Crippen molar-refractivity contribution in [2.24, 2.45) is 0 Å². The Morgan fingerprint density at radius 3 is 2.63 bits per heavy atom. The minimum atomic E-state index is -1.03. The molecule has 0 radical (unpaired) electrons. The first-order valence-corrected chi connectivity index (χ1v) is 8.37. The van der Waals surface area contributed by atoms with Crippen LogP contribution < -0.4 is 20.5 Å². The number of nitrogens with one attached hydrogen (secondary N) is 2. The topological polar surface area (TPSA) is 143 Å². The maximum Gasteiger partial charge on any atom is 0.338 e. The van der Waals surface area contributed by atoms with E-state index in [2.05, 4.69) is 10.6 Å². The third kappa shape index (κ3) is 4.27. The lowest BCUT2D eigenvalue weighted by molar-refractivity contribution is -0.398. The molecule has 1 aliphatic rings. The molecule has 10 nitrogen and oxygen atoms in total. The van der Waals surface area contributed by atoms with Crippen molar-refractivity contribution in [3.8, 4) is 11.5 Å². The highest BCUT2D eigenvalue weighted by Crippen LogP contribution is 2.39. The summed E-state index contributed by atoms with van der Waals surface area (Å²) in [5, 5.41) is 28.4. The zero-order valence-corrected chi connectivity index (χ0v) is 15.2. The lowest BCUT2D eigenvalue weighted by Gasteiger charge is -2.29. The van der Waals surface area contributed by atoms with Crippen LogP contribution in [0.25, 0.3) is 0 Å². The molecule has 0 saturated heterocycles. The quantitative estimate of drug-likeness (QED) is 0.417. The molecule has 0 aliphatic carbocycles. The van der Waals surface area contributed by atoms with Gasteiger partial charge in [-0.2, -0.15) is 0 Å². The Morgan fingerprint density at radius 1 is 1.33 bits per heavy atom. The molecule has 10 heteroatoms. The van der Waals surface area contributed by atoms with Crippen molar-refractivity contribution in [3.63, 3.8) is 0 Å². The van der Waals surface area contributed by atoms with Gasteiger partial charge in [-0.15, -0.1) is 0 Å². The highest BCUT2D eigenvalue weighted by Gasteiger charge is 2.33. The second-order valence-corrected chi connectivity index (χ2v) is 5.76. The van der Waals surface area contributed by atoms with E-state index in [9.17, 15) is 24.8 Å². The number of carbonyl (C=O) groups is 2. The van der Waals surface area contributed by atoms with Gasteiger partial charge in [-0.1, -0.05) is 6.92 Å². The first-order valence-electron chi connectivity index (χ1n) is 8.37. The van der Waals surface area contributed by atoms with Gasteiger partial charge in [0.05, 0.1) is 29.8 Å². The van der Waals surface area contributed by atoms with E-state index < -0.39 is 34.4 Å². The third-order valence-corrected chi connectivity index (χ3v) is 3.81. The van der Waals surface area contributed by atoms with E-state index in [1.54, 1.807) is 6.92 Å². The van der Waals surface area contributed by atoms with E-state index in [1.165, 1.54) is 13.0 Å². The molecule has 1 aliphatic heterocycles. The van der Waals surface area contributed by atoms with Gasteiger partial charge in [0.25, 0.3) is 5.69 Å². The summed E-state index contributed by atoms with van der Waals surface area (Å²) in [6, 6.07) is 0.703. The SMILES string of the molecule is CCCOC(=O)C1=C(C)NC(=O)N[C@@H]1c1cc(OCC)c([O-])c([N+](=O)[O-])c1. The van der Waals surface area contributed by atoms with E-state index in [0.717, 1.165) is 6.07 Å². The van der Waals surface area contributed by atoms with Gasteiger partial charge in [-0.05, 0) is 31.9 Å². The van der Waals surface area contributed by atoms with Crippen LogP contribution in [-0.4, -0.2) is 30.1 Å². The van der Waals surface area contributed by atoms with Crippen LogP contribution in [0.5, 0.6) is 11.5 Å². The average Bonchev–Trinajstić information content (AvgIpc) is 2.60. The van der Waals surface area contributed by atoms with Gasteiger partial charge >= 0.3 is 12.0 Å². The molecule has 0 fully saturated rings. The number of nitro benzene ring substituents is 1. The predicted molar refractivity (Wildman–Crippen MR) is 92.1 cm³/mol. The van der Waals surface area contributed by atoms with E-state index >= 15 is 0 Å². The van der Waals surface area contributed by atoms with Crippen molar-refractivity contribution >= 4 is 17.7 Å². The van der Waals surface area contributed by atoms with Crippen LogP contribution in [-0.2, 0) is 9.53 Å². The zero-order chi connectivity index (χ0) is 20.1. The highest BCUT2D eigenvalue weighted by molar-refractivity contribution is 5.95. The Hall–Kier alpha value is -3.30. The van der Waals surface area contributed by atoms with Gasteiger partial charge in [0, 0.05) is 17.5 Å². The molecule has 0 spiro atoms. The number of benzene rings is 1. The first-order chi connectivity index (χ1) is 12.8. The number of rotatable bonds is 7. The fourth-order valence-electron chi connectivity index (χ4n) is 2.66. The second kappa shape index (κ2) is 8.39. The molecule has 27 heavy (non-hydrogen) atoms. The van der Waals surface area contributed by atoms with Gasteiger partial charge in [0.15, 0.2) is 0 Å². The summed E-state index contributed by atoms with van der Waals surface area (Å²) in [7, 11) is 0. The minimum Gasteiger partial charge on any atom is -0.865 e. The number of nitrogens with zero attached hydrogens (tertiary/aromatic N) is 1. The van der Waals surface area contributed by atoms with Gasteiger partial charge in [0.2, 0.25) is 0 Å². The van der Waals surface area contributed by atoms with Crippen LogP contribution in [0.15, 0.2) is 23.4 Å². The summed E-state index contributed by atoms with van der Waals surface area (Å²) in [6.07, 6.45) is 0.605. The Bertz CT molecular complexity index is 804. The summed E-state index contributed by atoms with van der Waals surface area (Å²) in [6.45, 7) is 5.28. The molecule has 0 saturated carbocycles. The third-order valence-electron chi connectivity index (χ3n) is 3.81. The highest BCUT2D eigenvalue weighted by atomic mass is 16.6. The maximum absolute atomic E-state index is 12.5. The molecule has 1 atom stereocenters. The van der Waals surface area contributed by atoms with Crippen molar-refractivity contribution in [1.29, 1.82) is 0 Å². The number of hydrogen-bond acceptors (Lipinski definition) is 7. The lowest BCUT2D eigenvalue weighted by Crippen LogP contribution is -2.45. The van der Waals surface area contributed by atoms with Crippen molar-refractivity contribution in [3.05, 3.63) is 39.1 Å². The predicted octanol–water partition coefficient (Wildman–Crippen LogP) is 1.65. The number of carbonyl (C=O) groups excluding carboxylic acids is 2. The van der Waals surface area contributed by atoms with Crippen LogP contribution in [0, 0.1) is 10.1 Å². The summed E-state index contributed by atoms with van der Waals surface area (Å²) in [5.41, 5.74) is -0.180. The zero-order valence-electron chi connectivity index (χ0n) is 15.2. The van der Waals surface area contributed by atoms with Gasteiger partial charge in [-0.3, -0.25) is 10.1 Å². The van der Waals surface area contributed by atoms with Gasteiger partial charge in [-0.25, -0.2) is 9.59 Å². The summed E-state index contributed by atoms with van der Waals surface area (Å²) in [5.74, 6) is -1.77. The molecular formula is C17H20N3O7-. The fraction of sp³-hybridized carbons (Fsp3) is 0.412. The molecule has 0 aromatic heterocycles. The van der Waals surface area contributed by atoms with Crippen molar-refractivity contribution in [2.45, 2.75) is 33.2 Å². The molecule has 0 bridgehead atoms. The fourth-order valence-corrected chi connectivity index (χ4v) is 2.66. The number of amides is 2. The molecule has 1 aromatic carbocycles. The van der Waals surface area contributed by atoms with Crippen molar-refractivity contribution < 1.29 is 29.1 Å². The van der Waals surface area contributed by atoms with E-state index in [-0.39, 0.29) is 35.8 Å². The van der Waals surface area contributed by atoms with E-state index in [0.29, 0.717) is 6.42 Å². The standard InChI is InChI=1S/C17H21N3O7/c1-4-6-27-16(22)13-9(3)18-17(23)19-14(13)10-7-11(20(24)25)15(21)12(8-10)26-5-2/h7-8,14,21H,4-6H2,1-3H3,(H2,18,19,23)/p-1/t14-/m1/s1. The minimum absolute atomic E-state index is 0.0958. The second-order valence-electron chi connectivity index (χ2n) is 5.76. The van der Waals surface area contributed by atoms with Crippen LogP contribution in [0.1, 0.15) is 38.8 Å². The molecule has 2 N–H and O–H groups in total. The monoisotopic (exact) mass is 378 g/mol. The van der Waals surface area contributed by atoms with Gasteiger partial charge < -0.3 is 25.2 Å².